The fourth-order valence-corrected chi connectivity index (χ4v) is 2.53. The molecule has 1 amide bonds. The van der Waals surface area contributed by atoms with Crippen molar-refractivity contribution in [3.05, 3.63) is 36.2 Å². The molecular weight excluding hydrogens is 320 g/mol. The van der Waals surface area contributed by atoms with Gasteiger partial charge in [-0.15, -0.1) is 0 Å². The number of hydrogen-bond donors (Lipinski definition) is 2. The zero-order chi connectivity index (χ0) is 17.8. The van der Waals surface area contributed by atoms with Gasteiger partial charge in [0.15, 0.2) is 17.1 Å². The lowest BCUT2D eigenvalue weighted by atomic mass is 10.1. The highest BCUT2D eigenvalue weighted by molar-refractivity contribution is 6.04. The van der Waals surface area contributed by atoms with Crippen LogP contribution in [0.15, 0.2) is 30.6 Å². The summed E-state index contributed by atoms with van der Waals surface area (Å²) < 4.78 is 10.6. The summed E-state index contributed by atoms with van der Waals surface area (Å²) in [5.74, 6) is 1.09. The lowest BCUT2D eigenvalue weighted by molar-refractivity contribution is 0.0955. The SMILES string of the molecule is CCCNC(=O)c1c[nH]c2ncc(-c3ccc(OC)c(OC)c3)nc12. The molecule has 0 aliphatic heterocycles. The molecule has 0 aliphatic rings. The third-order valence-electron chi connectivity index (χ3n) is 3.84. The number of ether oxygens (including phenoxy) is 2. The molecule has 0 bridgehead atoms. The molecule has 0 saturated carbocycles. The van der Waals surface area contributed by atoms with Gasteiger partial charge >= 0.3 is 0 Å². The Morgan fingerprint density at radius 2 is 2.04 bits per heavy atom. The minimum atomic E-state index is -0.160. The van der Waals surface area contributed by atoms with E-state index < -0.39 is 0 Å². The van der Waals surface area contributed by atoms with Crippen LogP contribution in [0.2, 0.25) is 0 Å². The van der Waals surface area contributed by atoms with E-state index in [0.29, 0.717) is 40.5 Å². The van der Waals surface area contributed by atoms with E-state index in [2.05, 4.69) is 20.3 Å². The fraction of sp³-hybridized carbons (Fsp3) is 0.278. The first-order valence-electron chi connectivity index (χ1n) is 8.02. The van der Waals surface area contributed by atoms with Crippen molar-refractivity contribution >= 4 is 17.1 Å². The number of methoxy groups -OCH3 is 2. The number of benzene rings is 1. The standard InChI is InChI=1S/C18H20N4O3/c1-4-7-19-18(23)12-9-20-17-16(12)22-13(10-21-17)11-5-6-14(24-2)15(8-11)25-3/h5-6,8-10H,4,7H2,1-3H3,(H,19,23)(H,20,21). The topological polar surface area (TPSA) is 89.1 Å². The Balaban J connectivity index is 2.02. The lowest BCUT2D eigenvalue weighted by Gasteiger charge is -2.09. The molecule has 0 aliphatic carbocycles. The Morgan fingerprint density at radius 3 is 2.76 bits per heavy atom. The molecule has 0 spiro atoms. The summed E-state index contributed by atoms with van der Waals surface area (Å²) in [5, 5.41) is 2.86. The molecule has 2 N–H and O–H groups in total. The van der Waals surface area contributed by atoms with Gasteiger partial charge in [0.1, 0.15) is 5.52 Å². The summed E-state index contributed by atoms with van der Waals surface area (Å²) in [6.07, 6.45) is 4.17. The number of fused-ring (bicyclic) bond motifs is 1. The average Bonchev–Trinajstić information content (AvgIpc) is 3.08. The van der Waals surface area contributed by atoms with Crippen LogP contribution in [-0.2, 0) is 0 Å². The number of carbonyl (C=O) groups excluding carboxylic acids is 1. The number of rotatable bonds is 6. The maximum atomic E-state index is 12.3. The van der Waals surface area contributed by atoms with E-state index in [-0.39, 0.29) is 5.91 Å². The molecule has 0 unspecified atom stereocenters. The van der Waals surface area contributed by atoms with Crippen LogP contribution < -0.4 is 14.8 Å². The van der Waals surface area contributed by atoms with Crippen LogP contribution in [0.25, 0.3) is 22.4 Å². The van der Waals surface area contributed by atoms with Crippen LogP contribution >= 0.6 is 0 Å². The van der Waals surface area contributed by atoms with Gasteiger partial charge in [0.25, 0.3) is 5.91 Å². The van der Waals surface area contributed by atoms with E-state index in [1.165, 1.54) is 0 Å². The lowest BCUT2D eigenvalue weighted by Crippen LogP contribution is -2.23. The van der Waals surface area contributed by atoms with Crippen molar-refractivity contribution in [1.82, 2.24) is 20.3 Å². The predicted molar refractivity (Wildman–Crippen MR) is 95.1 cm³/mol. The van der Waals surface area contributed by atoms with Crippen LogP contribution in [0.3, 0.4) is 0 Å². The summed E-state index contributed by atoms with van der Waals surface area (Å²) in [4.78, 5) is 24.2. The number of hydrogen-bond acceptors (Lipinski definition) is 5. The summed E-state index contributed by atoms with van der Waals surface area (Å²) in [5.41, 5.74) is 3.08. The van der Waals surface area contributed by atoms with E-state index >= 15 is 0 Å². The Kier molecular flexibility index (Phi) is 4.83. The van der Waals surface area contributed by atoms with Gasteiger partial charge in [-0.1, -0.05) is 6.92 Å². The second-order valence-corrected chi connectivity index (χ2v) is 5.48. The average molecular weight is 340 g/mol. The molecule has 7 heteroatoms. The number of carbonyl (C=O) groups is 1. The van der Waals surface area contributed by atoms with E-state index in [1.54, 1.807) is 26.6 Å². The molecule has 1 aromatic carbocycles. The molecule has 25 heavy (non-hydrogen) atoms. The molecule has 0 fully saturated rings. The largest absolute Gasteiger partial charge is 0.493 e. The second kappa shape index (κ2) is 7.21. The van der Waals surface area contributed by atoms with E-state index in [1.807, 2.05) is 25.1 Å². The molecule has 0 atom stereocenters. The van der Waals surface area contributed by atoms with Gasteiger partial charge in [0.2, 0.25) is 0 Å². The maximum Gasteiger partial charge on any atom is 0.255 e. The Bertz CT molecular complexity index is 904. The quantitative estimate of drug-likeness (QED) is 0.720. The Hall–Kier alpha value is -3.09. The number of nitrogens with zero attached hydrogens (tertiary/aromatic N) is 2. The summed E-state index contributed by atoms with van der Waals surface area (Å²) >= 11 is 0. The van der Waals surface area contributed by atoms with Crippen molar-refractivity contribution in [3.63, 3.8) is 0 Å². The highest BCUT2D eigenvalue weighted by atomic mass is 16.5. The van der Waals surface area contributed by atoms with E-state index in [4.69, 9.17) is 9.47 Å². The first-order chi connectivity index (χ1) is 12.2. The highest BCUT2D eigenvalue weighted by Gasteiger charge is 2.15. The molecule has 3 rings (SSSR count). The summed E-state index contributed by atoms with van der Waals surface area (Å²) in [6, 6.07) is 5.52. The van der Waals surface area contributed by atoms with Crippen LogP contribution in [0, 0.1) is 0 Å². The molecule has 2 heterocycles. The molecule has 2 aromatic heterocycles. The predicted octanol–water partition coefficient (Wildman–Crippen LogP) is 2.78. The van der Waals surface area contributed by atoms with Crippen molar-refractivity contribution in [2.75, 3.05) is 20.8 Å². The Morgan fingerprint density at radius 1 is 1.24 bits per heavy atom. The number of amides is 1. The van der Waals surface area contributed by atoms with Crippen LogP contribution in [0.5, 0.6) is 11.5 Å². The first kappa shape index (κ1) is 16.8. The molecule has 0 radical (unpaired) electrons. The fourth-order valence-electron chi connectivity index (χ4n) is 2.53. The van der Waals surface area contributed by atoms with Crippen molar-refractivity contribution in [3.8, 4) is 22.8 Å². The number of aromatic nitrogens is 3. The van der Waals surface area contributed by atoms with Gasteiger partial charge in [-0.05, 0) is 24.6 Å². The van der Waals surface area contributed by atoms with Gasteiger partial charge in [0.05, 0.1) is 31.7 Å². The van der Waals surface area contributed by atoms with Crippen LogP contribution in [0.1, 0.15) is 23.7 Å². The van der Waals surface area contributed by atoms with E-state index in [0.717, 1.165) is 12.0 Å². The van der Waals surface area contributed by atoms with Gasteiger partial charge in [-0.25, -0.2) is 9.97 Å². The van der Waals surface area contributed by atoms with E-state index in [9.17, 15) is 4.79 Å². The normalized spacial score (nSPS) is 10.7. The van der Waals surface area contributed by atoms with Gasteiger partial charge in [-0.2, -0.15) is 0 Å². The zero-order valence-corrected chi connectivity index (χ0v) is 14.4. The Labute approximate surface area is 145 Å². The summed E-state index contributed by atoms with van der Waals surface area (Å²) in [6.45, 7) is 2.62. The minimum absolute atomic E-state index is 0.160. The van der Waals surface area contributed by atoms with Crippen molar-refractivity contribution in [2.24, 2.45) is 0 Å². The monoisotopic (exact) mass is 340 g/mol. The van der Waals surface area contributed by atoms with Crippen molar-refractivity contribution < 1.29 is 14.3 Å². The number of aromatic amines is 1. The number of nitrogens with one attached hydrogen (secondary N) is 2. The third-order valence-corrected chi connectivity index (χ3v) is 3.84. The number of H-pyrrole nitrogens is 1. The first-order valence-corrected chi connectivity index (χ1v) is 8.02. The molecule has 130 valence electrons. The van der Waals surface area contributed by atoms with Crippen molar-refractivity contribution in [1.29, 1.82) is 0 Å². The van der Waals surface area contributed by atoms with Crippen LogP contribution in [0.4, 0.5) is 0 Å². The second-order valence-electron chi connectivity index (χ2n) is 5.48. The zero-order valence-electron chi connectivity index (χ0n) is 14.4. The van der Waals surface area contributed by atoms with Crippen LogP contribution in [-0.4, -0.2) is 41.6 Å². The van der Waals surface area contributed by atoms with Crippen molar-refractivity contribution in [2.45, 2.75) is 13.3 Å². The molecule has 7 nitrogen and oxygen atoms in total. The molecular formula is C18H20N4O3. The van der Waals surface area contributed by atoms with Gasteiger partial charge in [0, 0.05) is 18.3 Å². The third kappa shape index (κ3) is 3.26. The molecule has 0 saturated heterocycles. The highest BCUT2D eigenvalue weighted by Crippen LogP contribution is 2.32. The smallest absolute Gasteiger partial charge is 0.255 e. The van der Waals surface area contributed by atoms with Gasteiger partial charge < -0.3 is 19.8 Å². The summed E-state index contributed by atoms with van der Waals surface area (Å²) in [7, 11) is 3.17. The van der Waals surface area contributed by atoms with Gasteiger partial charge in [-0.3, -0.25) is 4.79 Å². The maximum absolute atomic E-state index is 12.3. The minimum Gasteiger partial charge on any atom is -0.493 e. The molecule has 3 aromatic rings.